The van der Waals surface area contributed by atoms with Gasteiger partial charge in [0.2, 0.25) is 0 Å². The lowest BCUT2D eigenvalue weighted by Crippen LogP contribution is -2.22. The smallest absolute Gasteiger partial charge is 0.336 e. The van der Waals surface area contributed by atoms with Gasteiger partial charge in [-0.05, 0) is 69.7 Å². The van der Waals surface area contributed by atoms with Crippen LogP contribution in [-0.2, 0) is 0 Å². The molecule has 4 nitrogen and oxygen atoms in total. The number of fused-ring (bicyclic) bond motifs is 1. The molecule has 0 spiro atoms. The van der Waals surface area contributed by atoms with Gasteiger partial charge < -0.3 is 9.84 Å². The quantitative estimate of drug-likeness (QED) is 0.384. The van der Waals surface area contributed by atoms with E-state index < -0.39 is 11.8 Å². The number of benzene rings is 3. The van der Waals surface area contributed by atoms with Crippen molar-refractivity contribution in [2.24, 2.45) is 0 Å². The van der Waals surface area contributed by atoms with E-state index in [1.165, 1.54) is 12.1 Å². The fourth-order valence-corrected chi connectivity index (χ4v) is 3.63. The Labute approximate surface area is 186 Å². The summed E-state index contributed by atoms with van der Waals surface area (Å²) in [5.41, 5.74) is 3.45. The fraction of sp³-hybridized carbons (Fsp3) is 0.185. The minimum atomic E-state index is -1.04. The van der Waals surface area contributed by atoms with Crippen LogP contribution in [0.3, 0.4) is 0 Å². The van der Waals surface area contributed by atoms with Gasteiger partial charge in [0.25, 0.3) is 0 Å². The number of halogens is 1. The monoisotopic (exact) mass is 429 g/mol. The van der Waals surface area contributed by atoms with Gasteiger partial charge in [0, 0.05) is 16.5 Å². The van der Waals surface area contributed by atoms with Crippen LogP contribution in [0.2, 0.25) is 0 Å². The predicted octanol–water partition coefficient (Wildman–Crippen LogP) is 6.89. The van der Waals surface area contributed by atoms with Crippen LogP contribution in [0, 0.1) is 12.7 Å². The van der Waals surface area contributed by atoms with Gasteiger partial charge in [0.15, 0.2) is 0 Å². The molecule has 0 aliphatic rings. The summed E-state index contributed by atoms with van der Waals surface area (Å²) in [6.45, 7) is 7.81. The Hall–Kier alpha value is -3.73. The van der Waals surface area contributed by atoms with Gasteiger partial charge in [0.05, 0.1) is 16.8 Å². The number of aromatic nitrogens is 1. The van der Waals surface area contributed by atoms with E-state index in [0.717, 1.165) is 16.9 Å². The molecule has 32 heavy (non-hydrogen) atoms. The first kappa shape index (κ1) is 21.5. The van der Waals surface area contributed by atoms with Crippen molar-refractivity contribution in [1.29, 1.82) is 0 Å². The van der Waals surface area contributed by atoms with E-state index in [1.54, 1.807) is 24.3 Å². The van der Waals surface area contributed by atoms with Crippen molar-refractivity contribution >= 4 is 16.9 Å². The molecule has 0 amide bonds. The third-order valence-electron chi connectivity index (χ3n) is 5.05. The molecule has 3 aromatic carbocycles. The van der Waals surface area contributed by atoms with Gasteiger partial charge in [-0.3, -0.25) is 0 Å². The highest BCUT2D eigenvalue weighted by molar-refractivity contribution is 6.04. The number of carboxylic acids is 1. The molecule has 4 aromatic rings. The first-order chi connectivity index (χ1) is 15.1. The number of hydrogen-bond acceptors (Lipinski definition) is 3. The second-order valence-corrected chi connectivity index (χ2v) is 8.81. The molecule has 1 aromatic heterocycles. The van der Waals surface area contributed by atoms with E-state index in [9.17, 15) is 9.90 Å². The van der Waals surface area contributed by atoms with Gasteiger partial charge in [-0.1, -0.05) is 35.9 Å². The summed E-state index contributed by atoms with van der Waals surface area (Å²) >= 11 is 0. The van der Waals surface area contributed by atoms with Crippen LogP contribution >= 0.6 is 0 Å². The van der Waals surface area contributed by atoms with Gasteiger partial charge in [-0.15, -0.1) is 0 Å². The lowest BCUT2D eigenvalue weighted by Gasteiger charge is -2.21. The Bertz CT molecular complexity index is 1320. The van der Waals surface area contributed by atoms with E-state index in [-0.39, 0.29) is 11.2 Å². The fourth-order valence-electron chi connectivity index (χ4n) is 3.63. The van der Waals surface area contributed by atoms with Crippen LogP contribution in [-0.4, -0.2) is 21.7 Å². The number of carboxylic acid groups (broad SMARTS) is 1. The largest absolute Gasteiger partial charge is 0.488 e. The zero-order chi connectivity index (χ0) is 23.0. The highest BCUT2D eigenvalue weighted by Gasteiger charge is 2.16. The number of ether oxygens (including phenoxy) is 1. The third-order valence-corrected chi connectivity index (χ3v) is 5.05. The van der Waals surface area contributed by atoms with Gasteiger partial charge >= 0.3 is 5.97 Å². The zero-order valence-electron chi connectivity index (χ0n) is 18.4. The lowest BCUT2D eigenvalue weighted by molar-refractivity contribution is 0.0699. The van der Waals surface area contributed by atoms with E-state index in [2.05, 4.69) is 4.98 Å². The molecule has 0 aliphatic carbocycles. The maximum atomic E-state index is 15.0. The van der Waals surface area contributed by atoms with Gasteiger partial charge in [0.1, 0.15) is 17.2 Å². The van der Waals surface area contributed by atoms with Crippen LogP contribution < -0.4 is 4.74 Å². The molecule has 162 valence electrons. The zero-order valence-corrected chi connectivity index (χ0v) is 18.4. The van der Waals surface area contributed by atoms with Gasteiger partial charge in [-0.2, -0.15) is 0 Å². The van der Waals surface area contributed by atoms with E-state index >= 15 is 4.39 Å². The average Bonchev–Trinajstić information content (AvgIpc) is 2.72. The van der Waals surface area contributed by atoms with Crippen LogP contribution in [0.1, 0.15) is 36.7 Å². The van der Waals surface area contributed by atoms with Crippen LogP contribution in [0.25, 0.3) is 33.3 Å². The second kappa shape index (κ2) is 8.08. The molecule has 0 saturated carbocycles. The lowest BCUT2D eigenvalue weighted by atomic mass is 9.99. The minimum absolute atomic E-state index is 0.146. The van der Waals surface area contributed by atoms with E-state index in [0.29, 0.717) is 27.7 Å². The summed E-state index contributed by atoms with van der Waals surface area (Å²) in [5, 5.41) is 10.2. The Morgan fingerprint density at radius 3 is 2.25 bits per heavy atom. The van der Waals surface area contributed by atoms with Crippen molar-refractivity contribution in [2.75, 3.05) is 0 Å². The Balaban J connectivity index is 1.71. The summed E-state index contributed by atoms with van der Waals surface area (Å²) in [6.07, 6.45) is 0. The van der Waals surface area contributed by atoms with Crippen molar-refractivity contribution in [3.05, 3.63) is 83.7 Å². The molecule has 0 unspecified atom stereocenters. The SMILES string of the molecule is Cc1ccc2nc(-c3ccc(-c4ccc(OC(C)(C)C)cc4)c(F)c3)cc(C(=O)O)c2c1. The summed E-state index contributed by atoms with van der Waals surface area (Å²) in [5.74, 6) is -0.733. The molecule has 0 fully saturated rings. The molecular formula is C27H24FNO3. The highest BCUT2D eigenvalue weighted by Crippen LogP contribution is 2.31. The normalized spacial score (nSPS) is 11.5. The number of nitrogens with zero attached hydrogens (tertiary/aromatic N) is 1. The molecule has 0 saturated heterocycles. The standard InChI is InChI=1S/C27H24FNO3/c1-16-5-12-24-21(13-16)22(26(30)31)15-25(29-24)18-8-11-20(23(28)14-18)17-6-9-19(10-7-17)32-27(2,3)4/h5-15H,1-4H3,(H,30,31). The second-order valence-electron chi connectivity index (χ2n) is 8.81. The topological polar surface area (TPSA) is 59.4 Å². The number of hydrogen-bond donors (Lipinski definition) is 1. The molecule has 0 atom stereocenters. The maximum Gasteiger partial charge on any atom is 0.336 e. The van der Waals surface area contributed by atoms with Crippen LogP contribution in [0.15, 0.2) is 66.7 Å². The summed E-state index contributed by atoms with van der Waals surface area (Å²) in [4.78, 5) is 16.4. The maximum absolute atomic E-state index is 15.0. The Kier molecular flexibility index (Phi) is 5.43. The van der Waals surface area contributed by atoms with Gasteiger partial charge in [-0.25, -0.2) is 14.2 Å². The number of aromatic carboxylic acids is 1. The summed E-state index contributed by atoms with van der Waals surface area (Å²) < 4.78 is 20.9. The molecule has 0 radical (unpaired) electrons. The van der Waals surface area contributed by atoms with E-state index in [4.69, 9.17) is 4.74 Å². The Morgan fingerprint density at radius 1 is 0.938 bits per heavy atom. The average molecular weight is 429 g/mol. The van der Waals surface area contributed by atoms with E-state index in [1.807, 2.05) is 58.0 Å². The van der Waals surface area contributed by atoms with Crippen molar-refractivity contribution in [3.8, 4) is 28.1 Å². The molecule has 4 rings (SSSR count). The number of pyridine rings is 1. The Morgan fingerprint density at radius 2 is 1.62 bits per heavy atom. The third kappa shape index (κ3) is 4.47. The highest BCUT2D eigenvalue weighted by atomic mass is 19.1. The minimum Gasteiger partial charge on any atom is -0.488 e. The molecule has 1 heterocycles. The first-order valence-electron chi connectivity index (χ1n) is 10.3. The molecule has 0 bridgehead atoms. The first-order valence-corrected chi connectivity index (χ1v) is 10.3. The van der Waals surface area contributed by atoms with Crippen molar-refractivity contribution < 1.29 is 19.0 Å². The molecule has 1 N–H and O–H groups in total. The summed E-state index contributed by atoms with van der Waals surface area (Å²) in [7, 11) is 0. The number of aryl methyl sites for hydroxylation is 1. The predicted molar refractivity (Wildman–Crippen MR) is 125 cm³/mol. The summed E-state index contributed by atoms with van der Waals surface area (Å²) in [6, 6.07) is 19.1. The van der Waals surface area contributed by atoms with Crippen molar-refractivity contribution in [3.63, 3.8) is 0 Å². The molecular weight excluding hydrogens is 405 g/mol. The van der Waals surface area contributed by atoms with Crippen molar-refractivity contribution in [1.82, 2.24) is 4.98 Å². The molecule has 5 heteroatoms. The van der Waals surface area contributed by atoms with Crippen LogP contribution in [0.5, 0.6) is 5.75 Å². The molecule has 0 aliphatic heterocycles. The van der Waals surface area contributed by atoms with Crippen molar-refractivity contribution in [2.45, 2.75) is 33.3 Å². The van der Waals surface area contributed by atoms with Crippen LogP contribution in [0.4, 0.5) is 4.39 Å². The number of rotatable bonds is 4. The number of carbonyl (C=O) groups is 1.